The first-order valence-electron chi connectivity index (χ1n) is 11.3. The fraction of sp³-hybridized carbons (Fsp3) is 0.185. The number of pyridine rings is 1. The third kappa shape index (κ3) is 7.19. The molecule has 1 aromatic heterocycles. The predicted octanol–water partition coefficient (Wildman–Crippen LogP) is 4.60. The first kappa shape index (κ1) is 27.9. The van der Waals surface area contributed by atoms with E-state index in [0.29, 0.717) is 30.1 Å². The summed E-state index contributed by atoms with van der Waals surface area (Å²) in [5.41, 5.74) is 11.2. The molecule has 0 atom stereocenters. The van der Waals surface area contributed by atoms with Gasteiger partial charge in [0, 0.05) is 42.0 Å². The maximum absolute atomic E-state index is 12.9. The number of benzene rings is 2. The number of rotatable bonds is 5. The summed E-state index contributed by atoms with van der Waals surface area (Å²) in [6.07, 6.45) is -0.478. The van der Waals surface area contributed by atoms with Gasteiger partial charge >= 0.3 is 12.1 Å². The van der Waals surface area contributed by atoms with Crippen LogP contribution in [-0.2, 0) is 4.79 Å². The highest BCUT2D eigenvalue weighted by molar-refractivity contribution is 5.96. The van der Waals surface area contributed by atoms with Gasteiger partial charge in [-0.15, -0.1) is 0 Å². The Morgan fingerprint density at radius 1 is 1.03 bits per heavy atom. The Balaban J connectivity index is 0.000000505. The van der Waals surface area contributed by atoms with Crippen molar-refractivity contribution < 1.29 is 32.6 Å². The third-order valence-corrected chi connectivity index (χ3v) is 5.69. The van der Waals surface area contributed by atoms with Crippen molar-refractivity contribution in [2.45, 2.75) is 12.6 Å². The molecule has 0 fully saturated rings. The topological polar surface area (TPSA) is 130 Å². The molecule has 0 bridgehead atoms. The average molecular weight is 527 g/mol. The molecule has 11 heteroatoms. The second-order valence-electron chi connectivity index (χ2n) is 8.19. The fourth-order valence-electron chi connectivity index (χ4n) is 3.66. The van der Waals surface area contributed by atoms with Gasteiger partial charge in [0.25, 0.3) is 5.91 Å². The van der Waals surface area contributed by atoms with Crippen molar-refractivity contribution in [2.75, 3.05) is 20.2 Å². The molecule has 38 heavy (non-hydrogen) atoms. The Morgan fingerprint density at radius 2 is 1.68 bits per heavy atom. The van der Waals surface area contributed by atoms with Gasteiger partial charge in [0.15, 0.2) is 0 Å². The zero-order valence-electron chi connectivity index (χ0n) is 20.3. The smallest absolute Gasteiger partial charge is 0.481 e. The number of amidine groups is 1. The van der Waals surface area contributed by atoms with Crippen LogP contribution < -0.4 is 10.5 Å². The number of hydrogen-bond donors (Lipinski definition) is 3. The molecule has 0 saturated heterocycles. The Kier molecular flexibility index (Phi) is 8.85. The van der Waals surface area contributed by atoms with E-state index in [0.717, 1.165) is 23.1 Å². The van der Waals surface area contributed by atoms with E-state index in [1.54, 1.807) is 13.3 Å². The molecular formula is C27H25F3N4O4. The van der Waals surface area contributed by atoms with Crippen molar-refractivity contribution in [3.05, 3.63) is 89.6 Å². The summed E-state index contributed by atoms with van der Waals surface area (Å²) >= 11 is 0. The number of amides is 1. The molecule has 4 rings (SSSR count). The highest BCUT2D eigenvalue weighted by atomic mass is 19.4. The minimum absolute atomic E-state index is 0.0205. The zero-order chi connectivity index (χ0) is 27.9. The quantitative estimate of drug-likeness (QED) is 0.329. The van der Waals surface area contributed by atoms with Crippen LogP contribution in [-0.4, -0.2) is 59.1 Å². The van der Waals surface area contributed by atoms with Gasteiger partial charge < -0.3 is 20.5 Å². The van der Waals surface area contributed by atoms with Gasteiger partial charge in [-0.3, -0.25) is 10.2 Å². The molecular weight excluding hydrogens is 501 g/mol. The summed E-state index contributed by atoms with van der Waals surface area (Å²) in [4.78, 5) is 27.9. The maximum atomic E-state index is 12.9. The van der Waals surface area contributed by atoms with E-state index < -0.39 is 12.1 Å². The molecule has 8 nitrogen and oxygen atoms in total. The number of halogens is 3. The van der Waals surface area contributed by atoms with E-state index in [2.05, 4.69) is 11.1 Å². The molecule has 1 aliphatic rings. The monoisotopic (exact) mass is 526 g/mol. The lowest BCUT2D eigenvalue weighted by Gasteiger charge is -2.27. The van der Waals surface area contributed by atoms with Gasteiger partial charge in [0.2, 0.25) is 5.88 Å². The molecule has 3 aromatic rings. The van der Waals surface area contributed by atoms with Gasteiger partial charge in [0.1, 0.15) is 5.84 Å². The number of carboxylic acid groups (broad SMARTS) is 1. The summed E-state index contributed by atoms with van der Waals surface area (Å²) in [6.45, 7) is 1.21. The normalized spacial score (nSPS) is 13.1. The maximum Gasteiger partial charge on any atom is 0.490 e. The molecule has 1 aliphatic heterocycles. The number of methoxy groups -OCH3 is 1. The molecule has 198 valence electrons. The van der Waals surface area contributed by atoms with Crippen LogP contribution in [0.15, 0.2) is 72.9 Å². The number of carbonyl (C=O) groups is 2. The van der Waals surface area contributed by atoms with E-state index in [1.807, 2.05) is 65.6 Å². The molecule has 0 radical (unpaired) electrons. The van der Waals surface area contributed by atoms with E-state index in [1.165, 1.54) is 5.57 Å². The van der Waals surface area contributed by atoms with Gasteiger partial charge in [-0.1, -0.05) is 36.4 Å². The highest BCUT2D eigenvalue weighted by Crippen LogP contribution is 2.25. The number of alkyl halides is 3. The summed E-state index contributed by atoms with van der Waals surface area (Å²) in [7, 11) is 1.59. The zero-order valence-corrected chi connectivity index (χ0v) is 20.3. The molecule has 2 aromatic carbocycles. The van der Waals surface area contributed by atoms with Crippen LogP contribution >= 0.6 is 0 Å². The Hall–Kier alpha value is -4.67. The van der Waals surface area contributed by atoms with E-state index in [-0.39, 0.29) is 11.7 Å². The molecule has 4 N–H and O–H groups in total. The van der Waals surface area contributed by atoms with Crippen molar-refractivity contribution in [3.8, 4) is 17.0 Å². The Bertz CT molecular complexity index is 1340. The van der Waals surface area contributed by atoms with Crippen LogP contribution in [0.2, 0.25) is 0 Å². The number of carbonyl (C=O) groups excluding carboxylic acids is 1. The van der Waals surface area contributed by atoms with Crippen molar-refractivity contribution in [1.82, 2.24) is 9.88 Å². The van der Waals surface area contributed by atoms with Crippen LogP contribution in [0.5, 0.6) is 5.88 Å². The number of hydrogen-bond acceptors (Lipinski definition) is 5. The molecule has 1 amide bonds. The van der Waals surface area contributed by atoms with Crippen molar-refractivity contribution in [1.29, 1.82) is 5.41 Å². The third-order valence-electron chi connectivity index (χ3n) is 5.69. The standard InChI is InChI=1S/C25H24N4O2.C2HF3O2/c1-31-23-10-9-22(16-28-23)17-5-7-19(8-6-17)25(30)29-13-11-18(12-14-29)20-3-2-4-21(15-20)24(26)27;3-2(4,5)1(6)7/h2-11,15-16H,12-14H2,1H3,(H3,26,27);(H,6,7). The molecule has 0 aliphatic carbocycles. The Labute approximate surface area is 216 Å². The fourth-order valence-corrected chi connectivity index (χ4v) is 3.66. The largest absolute Gasteiger partial charge is 0.490 e. The molecule has 0 saturated carbocycles. The van der Waals surface area contributed by atoms with Crippen LogP contribution in [0.25, 0.3) is 16.7 Å². The average Bonchev–Trinajstić information content (AvgIpc) is 2.93. The number of aromatic nitrogens is 1. The number of aliphatic carboxylic acids is 1. The number of nitrogen functional groups attached to an aromatic ring is 1. The number of ether oxygens (including phenoxy) is 1. The lowest BCUT2D eigenvalue weighted by molar-refractivity contribution is -0.192. The van der Waals surface area contributed by atoms with Gasteiger partial charge in [-0.25, -0.2) is 9.78 Å². The van der Waals surface area contributed by atoms with Gasteiger partial charge in [-0.05, 0) is 47.4 Å². The predicted molar refractivity (Wildman–Crippen MR) is 136 cm³/mol. The van der Waals surface area contributed by atoms with Crippen molar-refractivity contribution in [2.24, 2.45) is 5.73 Å². The molecule has 2 heterocycles. The van der Waals surface area contributed by atoms with Crippen LogP contribution in [0.3, 0.4) is 0 Å². The van der Waals surface area contributed by atoms with Gasteiger partial charge in [-0.2, -0.15) is 13.2 Å². The highest BCUT2D eigenvalue weighted by Gasteiger charge is 2.38. The molecule has 0 unspecified atom stereocenters. The summed E-state index contributed by atoms with van der Waals surface area (Å²) in [6, 6.07) is 19.0. The van der Waals surface area contributed by atoms with Crippen molar-refractivity contribution >= 4 is 23.3 Å². The number of nitrogens with two attached hydrogens (primary N) is 1. The van der Waals surface area contributed by atoms with E-state index in [4.69, 9.17) is 25.8 Å². The first-order valence-corrected chi connectivity index (χ1v) is 11.3. The summed E-state index contributed by atoms with van der Waals surface area (Å²) < 4.78 is 36.8. The van der Waals surface area contributed by atoms with Crippen LogP contribution in [0.4, 0.5) is 13.2 Å². The van der Waals surface area contributed by atoms with E-state index in [9.17, 15) is 18.0 Å². The molecule has 0 spiro atoms. The lowest BCUT2D eigenvalue weighted by Crippen LogP contribution is -2.34. The SMILES string of the molecule is COc1ccc(-c2ccc(C(=O)N3CC=C(c4cccc(C(=N)N)c4)CC3)cc2)cn1.O=C(O)C(F)(F)F. The summed E-state index contributed by atoms with van der Waals surface area (Å²) in [5.74, 6) is -2.11. The second-order valence-corrected chi connectivity index (χ2v) is 8.19. The second kappa shape index (κ2) is 12.0. The number of nitrogens with zero attached hydrogens (tertiary/aromatic N) is 2. The minimum atomic E-state index is -5.08. The summed E-state index contributed by atoms with van der Waals surface area (Å²) in [5, 5.41) is 14.7. The van der Waals surface area contributed by atoms with Crippen LogP contribution in [0, 0.1) is 5.41 Å². The first-order chi connectivity index (χ1) is 18.0. The minimum Gasteiger partial charge on any atom is -0.481 e. The van der Waals surface area contributed by atoms with Crippen molar-refractivity contribution in [3.63, 3.8) is 0 Å². The Morgan fingerprint density at radius 3 is 2.18 bits per heavy atom. The number of nitrogens with one attached hydrogen (secondary N) is 1. The van der Waals surface area contributed by atoms with Gasteiger partial charge in [0.05, 0.1) is 7.11 Å². The van der Waals surface area contributed by atoms with Crippen LogP contribution in [0.1, 0.15) is 27.9 Å². The lowest BCUT2D eigenvalue weighted by atomic mass is 9.97. The van der Waals surface area contributed by atoms with E-state index >= 15 is 0 Å². The number of carboxylic acids is 1.